The number of sulfonamides is 1. The van der Waals surface area contributed by atoms with Crippen LogP contribution in [0.4, 0.5) is 10.1 Å². The van der Waals surface area contributed by atoms with Crippen LogP contribution in [-0.4, -0.2) is 23.7 Å². The number of aliphatic hydroxyl groups excluding tert-OH is 1. The average Bonchev–Trinajstić information content (AvgIpc) is 2.75. The first kappa shape index (κ1) is 14.8. The van der Waals surface area contributed by atoms with Crippen LogP contribution in [0, 0.1) is 12.7 Å². The van der Waals surface area contributed by atoms with Crippen molar-refractivity contribution in [1.29, 1.82) is 0 Å². The highest BCUT2D eigenvalue weighted by molar-refractivity contribution is 7.92. The molecule has 0 saturated heterocycles. The van der Waals surface area contributed by atoms with Crippen molar-refractivity contribution in [3.05, 3.63) is 40.4 Å². The quantitative estimate of drug-likeness (QED) is 0.801. The van der Waals surface area contributed by atoms with E-state index in [1.165, 1.54) is 13.0 Å². The maximum Gasteiger partial charge on any atom is 0.265 e. The van der Waals surface area contributed by atoms with Crippen LogP contribution < -0.4 is 4.72 Å². The molecule has 0 atom stereocenters. The largest absolute Gasteiger partial charge is 0.390 e. The van der Waals surface area contributed by atoms with Gasteiger partial charge in [-0.2, -0.15) is 5.10 Å². The summed E-state index contributed by atoms with van der Waals surface area (Å²) in [6.45, 7) is 0.977. The van der Waals surface area contributed by atoms with Gasteiger partial charge in [-0.15, -0.1) is 0 Å². The molecule has 0 aliphatic rings. The van der Waals surface area contributed by atoms with E-state index < -0.39 is 22.4 Å². The minimum absolute atomic E-state index is 0.00626. The number of anilines is 1. The van der Waals surface area contributed by atoms with E-state index in [1.807, 2.05) is 0 Å². The summed E-state index contributed by atoms with van der Waals surface area (Å²) >= 11 is 5.77. The van der Waals surface area contributed by atoms with E-state index in [0.29, 0.717) is 0 Å². The Bertz CT molecular complexity index is 745. The molecule has 0 aliphatic carbocycles. The number of halogens is 2. The van der Waals surface area contributed by atoms with E-state index in [0.717, 1.165) is 12.1 Å². The fourth-order valence-corrected chi connectivity index (χ4v) is 3.41. The molecule has 0 unspecified atom stereocenters. The second kappa shape index (κ2) is 5.39. The topological polar surface area (TPSA) is 95.1 Å². The Hall–Kier alpha value is -1.64. The van der Waals surface area contributed by atoms with Crippen molar-refractivity contribution < 1.29 is 17.9 Å². The highest BCUT2D eigenvalue weighted by Crippen LogP contribution is 2.27. The summed E-state index contributed by atoms with van der Waals surface area (Å²) in [5, 5.41) is 15.2. The van der Waals surface area contributed by atoms with E-state index >= 15 is 0 Å². The highest BCUT2D eigenvalue weighted by Gasteiger charge is 2.24. The molecule has 0 aliphatic heterocycles. The molecule has 0 spiro atoms. The smallest absolute Gasteiger partial charge is 0.265 e. The van der Waals surface area contributed by atoms with Crippen molar-refractivity contribution >= 4 is 27.3 Å². The Morgan fingerprint density at radius 3 is 2.80 bits per heavy atom. The first-order valence-corrected chi connectivity index (χ1v) is 7.34. The van der Waals surface area contributed by atoms with Crippen molar-refractivity contribution in [2.45, 2.75) is 18.4 Å². The van der Waals surface area contributed by atoms with E-state index in [-0.39, 0.29) is 27.0 Å². The number of nitrogens with one attached hydrogen (secondary N) is 2. The summed E-state index contributed by atoms with van der Waals surface area (Å²) in [6, 6.07) is 3.29. The Morgan fingerprint density at radius 2 is 2.20 bits per heavy atom. The van der Waals surface area contributed by atoms with Crippen molar-refractivity contribution in [3.8, 4) is 0 Å². The fourth-order valence-electron chi connectivity index (χ4n) is 1.70. The first-order chi connectivity index (χ1) is 9.35. The molecule has 0 saturated carbocycles. The summed E-state index contributed by atoms with van der Waals surface area (Å²) in [5.41, 5.74) is 0.311. The zero-order chi connectivity index (χ0) is 14.9. The van der Waals surface area contributed by atoms with Gasteiger partial charge in [0, 0.05) is 0 Å². The molecular formula is C11H11ClFN3O3S. The highest BCUT2D eigenvalue weighted by atomic mass is 35.5. The van der Waals surface area contributed by atoms with Gasteiger partial charge in [0.15, 0.2) is 0 Å². The zero-order valence-electron chi connectivity index (χ0n) is 10.3. The van der Waals surface area contributed by atoms with E-state index in [2.05, 4.69) is 14.9 Å². The predicted octanol–water partition coefficient (Wildman–Crippen LogP) is 1.80. The molecule has 1 heterocycles. The number of hydrogen-bond donors (Lipinski definition) is 3. The van der Waals surface area contributed by atoms with Gasteiger partial charge in [0.2, 0.25) is 0 Å². The van der Waals surface area contributed by atoms with Gasteiger partial charge in [-0.3, -0.25) is 9.82 Å². The summed E-state index contributed by atoms with van der Waals surface area (Å²) < 4.78 is 39.7. The first-order valence-electron chi connectivity index (χ1n) is 5.47. The Kier molecular flexibility index (Phi) is 3.98. The molecule has 1 aromatic carbocycles. The Balaban J connectivity index is 2.43. The molecule has 2 rings (SSSR count). The maximum absolute atomic E-state index is 12.9. The maximum atomic E-state index is 12.9. The number of rotatable bonds is 4. The number of nitrogens with zero attached hydrogens (tertiary/aromatic N) is 1. The van der Waals surface area contributed by atoms with Gasteiger partial charge in [-0.1, -0.05) is 11.6 Å². The second-order valence-electron chi connectivity index (χ2n) is 4.01. The molecule has 0 amide bonds. The Morgan fingerprint density at radius 1 is 1.50 bits per heavy atom. The molecule has 2 aromatic rings. The molecule has 9 heteroatoms. The number of aromatic nitrogens is 2. The molecule has 0 radical (unpaired) electrons. The van der Waals surface area contributed by atoms with Crippen LogP contribution in [0.1, 0.15) is 11.4 Å². The normalized spacial score (nSPS) is 11.6. The molecule has 6 nitrogen and oxygen atoms in total. The van der Waals surface area contributed by atoms with E-state index in [9.17, 15) is 12.8 Å². The molecule has 0 fully saturated rings. The summed E-state index contributed by atoms with van der Waals surface area (Å²) in [6.07, 6.45) is 0. The standard InChI is InChI=1S/C11H11ClFN3O3S/c1-6-11(10(5-17)15-14-6)20(18,19)16-9-3-2-7(13)4-8(9)12/h2-4,16-17H,5H2,1H3,(H,14,15). The Labute approximate surface area is 119 Å². The number of H-pyrrole nitrogens is 1. The van der Waals surface area contributed by atoms with Crippen molar-refractivity contribution in [3.63, 3.8) is 0 Å². The second-order valence-corrected chi connectivity index (χ2v) is 6.04. The van der Waals surface area contributed by atoms with Crippen LogP contribution in [-0.2, 0) is 16.6 Å². The summed E-state index contributed by atoms with van der Waals surface area (Å²) in [7, 11) is -3.99. The zero-order valence-corrected chi connectivity index (χ0v) is 11.9. The predicted molar refractivity (Wildman–Crippen MR) is 71.5 cm³/mol. The van der Waals surface area contributed by atoms with Crippen LogP contribution in [0.5, 0.6) is 0 Å². The number of benzene rings is 1. The van der Waals surface area contributed by atoms with Gasteiger partial charge in [0.1, 0.15) is 16.4 Å². The molecular weight excluding hydrogens is 309 g/mol. The summed E-state index contributed by atoms with van der Waals surface area (Å²) in [5.74, 6) is -0.575. The number of aryl methyl sites for hydroxylation is 1. The van der Waals surface area contributed by atoms with E-state index in [1.54, 1.807) is 0 Å². The minimum Gasteiger partial charge on any atom is -0.390 e. The van der Waals surface area contributed by atoms with Crippen molar-refractivity contribution in [2.24, 2.45) is 0 Å². The monoisotopic (exact) mass is 319 g/mol. The molecule has 1 aromatic heterocycles. The van der Waals surface area contributed by atoms with Gasteiger partial charge in [0.05, 0.1) is 23.0 Å². The van der Waals surface area contributed by atoms with Crippen LogP contribution >= 0.6 is 11.6 Å². The third-order valence-corrected chi connectivity index (χ3v) is 4.44. The lowest BCUT2D eigenvalue weighted by Gasteiger charge is -2.10. The molecule has 0 bridgehead atoms. The number of aromatic amines is 1. The molecule has 20 heavy (non-hydrogen) atoms. The van der Waals surface area contributed by atoms with Gasteiger partial charge >= 0.3 is 0 Å². The average molecular weight is 320 g/mol. The lowest BCUT2D eigenvalue weighted by molar-refractivity contribution is 0.273. The lowest BCUT2D eigenvalue weighted by Crippen LogP contribution is -2.15. The van der Waals surface area contributed by atoms with Gasteiger partial charge < -0.3 is 5.11 Å². The number of hydrogen-bond acceptors (Lipinski definition) is 4. The third-order valence-electron chi connectivity index (χ3n) is 2.56. The van der Waals surface area contributed by atoms with Crippen LogP contribution in [0.2, 0.25) is 5.02 Å². The van der Waals surface area contributed by atoms with Gasteiger partial charge in [-0.25, -0.2) is 12.8 Å². The van der Waals surface area contributed by atoms with Gasteiger partial charge in [0.25, 0.3) is 10.0 Å². The lowest BCUT2D eigenvalue weighted by atomic mass is 10.3. The molecule has 3 N–H and O–H groups in total. The minimum atomic E-state index is -3.99. The fraction of sp³-hybridized carbons (Fsp3) is 0.182. The SMILES string of the molecule is Cc1[nH]nc(CO)c1S(=O)(=O)Nc1ccc(F)cc1Cl. The summed E-state index contributed by atoms with van der Waals surface area (Å²) in [4.78, 5) is -0.152. The third kappa shape index (κ3) is 2.77. The van der Waals surface area contributed by atoms with E-state index in [4.69, 9.17) is 16.7 Å². The number of aliphatic hydroxyl groups is 1. The van der Waals surface area contributed by atoms with Crippen molar-refractivity contribution in [2.75, 3.05) is 4.72 Å². The molecule has 108 valence electrons. The van der Waals surface area contributed by atoms with Crippen LogP contribution in [0.15, 0.2) is 23.1 Å². The van der Waals surface area contributed by atoms with Crippen LogP contribution in [0.3, 0.4) is 0 Å². The van der Waals surface area contributed by atoms with Gasteiger partial charge in [-0.05, 0) is 25.1 Å². The van der Waals surface area contributed by atoms with Crippen LogP contribution in [0.25, 0.3) is 0 Å². The van der Waals surface area contributed by atoms with Crippen molar-refractivity contribution in [1.82, 2.24) is 10.2 Å².